The number of halogens is 1. The highest BCUT2D eigenvalue weighted by Gasteiger charge is 2.23. The summed E-state index contributed by atoms with van der Waals surface area (Å²) < 4.78 is 16.9. The molecule has 14 heavy (non-hydrogen) atoms. The van der Waals surface area contributed by atoms with Gasteiger partial charge < -0.3 is 14.2 Å². The Morgan fingerprint density at radius 2 is 2.36 bits per heavy atom. The summed E-state index contributed by atoms with van der Waals surface area (Å²) in [6, 6.07) is 5.79. The van der Waals surface area contributed by atoms with Crippen LogP contribution in [0.25, 0.3) is 0 Å². The molecule has 0 aromatic heterocycles. The minimum atomic E-state index is 0.289. The quantitative estimate of drug-likeness (QED) is 0.630. The molecule has 76 valence electrons. The van der Waals surface area contributed by atoms with Crippen LogP contribution in [0.4, 0.5) is 0 Å². The van der Waals surface area contributed by atoms with Gasteiger partial charge in [-0.3, -0.25) is 0 Å². The van der Waals surface area contributed by atoms with Gasteiger partial charge in [-0.2, -0.15) is 0 Å². The van der Waals surface area contributed by atoms with E-state index in [0.29, 0.717) is 6.61 Å². The van der Waals surface area contributed by atoms with Gasteiger partial charge in [-0.05, 0) is 34.7 Å². The number of ether oxygens (including phenoxy) is 3. The molecule has 1 saturated heterocycles. The average molecular weight is 306 g/mol. The number of hydrogen-bond acceptors (Lipinski definition) is 3. The highest BCUT2D eigenvalue weighted by atomic mass is 127. The predicted octanol–water partition coefficient (Wildman–Crippen LogP) is 2.08. The molecule has 1 aliphatic heterocycles. The minimum Gasteiger partial charge on any atom is -0.497 e. The first-order valence-corrected chi connectivity index (χ1v) is 5.45. The molecule has 1 aromatic rings. The Bertz CT molecular complexity index is 323. The van der Waals surface area contributed by atoms with Crippen molar-refractivity contribution >= 4 is 22.6 Å². The van der Waals surface area contributed by atoms with Crippen molar-refractivity contribution in [2.24, 2.45) is 0 Å². The Morgan fingerprint density at radius 1 is 1.57 bits per heavy atom. The van der Waals surface area contributed by atoms with E-state index in [1.54, 1.807) is 7.11 Å². The molecular weight excluding hydrogens is 295 g/mol. The summed E-state index contributed by atoms with van der Waals surface area (Å²) in [7, 11) is 1.65. The summed E-state index contributed by atoms with van der Waals surface area (Å²) in [4.78, 5) is 0. The summed E-state index contributed by atoms with van der Waals surface area (Å²) >= 11 is 2.24. The fourth-order valence-corrected chi connectivity index (χ4v) is 1.56. The molecule has 1 fully saturated rings. The van der Waals surface area contributed by atoms with Crippen molar-refractivity contribution in [2.75, 3.05) is 20.3 Å². The Labute approximate surface area is 96.5 Å². The molecule has 0 spiro atoms. The monoisotopic (exact) mass is 306 g/mol. The fraction of sp³-hybridized carbons (Fsp3) is 0.400. The van der Waals surface area contributed by atoms with Crippen LogP contribution in [0.3, 0.4) is 0 Å². The molecule has 0 radical (unpaired) electrons. The van der Waals surface area contributed by atoms with Crippen LogP contribution in [0.5, 0.6) is 11.5 Å². The SMILES string of the molecule is COc1ccc(I)c(OC[C@H]2CO2)c1. The van der Waals surface area contributed by atoms with Gasteiger partial charge in [-0.15, -0.1) is 0 Å². The number of hydrogen-bond donors (Lipinski definition) is 0. The lowest BCUT2D eigenvalue weighted by atomic mass is 10.3. The van der Waals surface area contributed by atoms with Gasteiger partial charge in [0.15, 0.2) is 0 Å². The highest BCUT2D eigenvalue weighted by molar-refractivity contribution is 14.1. The molecule has 1 heterocycles. The number of rotatable bonds is 4. The maximum Gasteiger partial charge on any atom is 0.136 e. The lowest BCUT2D eigenvalue weighted by Crippen LogP contribution is -2.05. The Hall–Kier alpha value is -0.490. The van der Waals surface area contributed by atoms with E-state index in [1.165, 1.54) is 0 Å². The van der Waals surface area contributed by atoms with E-state index < -0.39 is 0 Å². The van der Waals surface area contributed by atoms with E-state index in [1.807, 2.05) is 18.2 Å². The highest BCUT2D eigenvalue weighted by Crippen LogP contribution is 2.26. The molecule has 4 heteroatoms. The zero-order valence-electron chi connectivity index (χ0n) is 7.83. The topological polar surface area (TPSA) is 31.0 Å². The van der Waals surface area contributed by atoms with Gasteiger partial charge >= 0.3 is 0 Å². The maximum atomic E-state index is 5.59. The number of methoxy groups -OCH3 is 1. The number of benzene rings is 1. The average Bonchev–Trinajstić information content (AvgIpc) is 3.00. The molecule has 3 nitrogen and oxygen atoms in total. The smallest absolute Gasteiger partial charge is 0.136 e. The number of epoxide rings is 1. The zero-order chi connectivity index (χ0) is 9.97. The zero-order valence-corrected chi connectivity index (χ0v) is 9.98. The van der Waals surface area contributed by atoms with Crippen LogP contribution in [0.1, 0.15) is 0 Å². The lowest BCUT2D eigenvalue weighted by Gasteiger charge is -2.08. The molecule has 1 aromatic carbocycles. The molecular formula is C10H11IO3. The van der Waals surface area contributed by atoms with Crippen LogP contribution in [0.15, 0.2) is 18.2 Å². The van der Waals surface area contributed by atoms with Crippen molar-refractivity contribution in [2.45, 2.75) is 6.10 Å². The van der Waals surface area contributed by atoms with Crippen molar-refractivity contribution in [3.8, 4) is 11.5 Å². The molecule has 0 unspecified atom stereocenters. The van der Waals surface area contributed by atoms with Gasteiger partial charge in [0, 0.05) is 6.07 Å². The Morgan fingerprint density at radius 3 is 3.00 bits per heavy atom. The molecule has 0 amide bonds. The first-order valence-electron chi connectivity index (χ1n) is 4.37. The van der Waals surface area contributed by atoms with Gasteiger partial charge in [0.2, 0.25) is 0 Å². The van der Waals surface area contributed by atoms with Crippen LogP contribution in [-0.2, 0) is 4.74 Å². The molecule has 0 N–H and O–H groups in total. The van der Waals surface area contributed by atoms with Gasteiger partial charge in [0.25, 0.3) is 0 Å². The van der Waals surface area contributed by atoms with Crippen molar-refractivity contribution in [1.29, 1.82) is 0 Å². The summed E-state index contributed by atoms with van der Waals surface area (Å²) in [5.41, 5.74) is 0. The molecule has 1 atom stereocenters. The summed E-state index contributed by atoms with van der Waals surface area (Å²) in [6.45, 7) is 1.45. The largest absolute Gasteiger partial charge is 0.497 e. The van der Waals surface area contributed by atoms with Crippen LogP contribution in [0.2, 0.25) is 0 Å². The minimum absolute atomic E-state index is 0.289. The van der Waals surface area contributed by atoms with Crippen LogP contribution < -0.4 is 9.47 Å². The van der Waals surface area contributed by atoms with Crippen LogP contribution in [0, 0.1) is 3.57 Å². The molecule has 1 aliphatic rings. The van der Waals surface area contributed by atoms with Gasteiger partial charge in [-0.1, -0.05) is 0 Å². The third kappa shape index (κ3) is 2.51. The summed E-state index contributed by atoms with van der Waals surface area (Å²) in [5, 5.41) is 0. The van der Waals surface area contributed by atoms with E-state index in [2.05, 4.69) is 22.6 Å². The normalized spacial score (nSPS) is 19.1. The van der Waals surface area contributed by atoms with Gasteiger partial charge in [0.05, 0.1) is 17.3 Å². The van der Waals surface area contributed by atoms with E-state index in [9.17, 15) is 0 Å². The molecule has 0 saturated carbocycles. The Kier molecular flexibility index (Phi) is 3.12. The van der Waals surface area contributed by atoms with Crippen molar-refractivity contribution < 1.29 is 14.2 Å². The van der Waals surface area contributed by atoms with Gasteiger partial charge in [0.1, 0.15) is 24.2 Å². The molecule has 0 bridgehead atoms. The van der Waals surface area contributed by atoms with Gasteiger partial charge in [-0.25, -0.2) is 0 Å². The molecule has 0 aliphatic carbocycles. The summed E-state index contributed by atoms with van der Waals surface area (Å²) in [5.74, 6) is 1.68. The van der Waals surface area contributed by atoms with E-state index >= 15 is 0 Å². The third-order valence-corrected chi connectivity index (χ3v) is 2.86. The van der Waals surface area contributed by atoms with Crippen molar-refractivity contribution in [3.63, 3.8) is 0 Å². The van der Waals surface area contributed by atoms with Crippen molar-refractivity contribution in [3.05, 3.63) is 21.8 Å². The van der Waals surface area contributed by atoms with E-state index in [4.69, 9.17) is 14.2 Å². The second kappa shape index (κ2) is 4.35. The predicted molar refractivity (Wildman–Crippen MR) is 60.9 cm³/mol. The van der Waals surface area contributed by atoms with Crippen LogP contribution >= 0.6 is 22.6 Å². The van der Waals surface area contributed by atoms with Crippen molar-refractivity contribution in [1.82, 2.24) is 0 Å². The van der Waals surface area contributed by atoms with Crippen LogP contribution in [-0.4, -0.2) is 26.4 Å². The first kappa shape index (κ1) is 10.0. The standard InChI is InChI=1S/C10H11IO3/c1-12-7-2-3-9(11)10(4-7)14-6-8-5-13-8/h2-4,8H,5-6H2,1H3/t8-/m1/s1. The second-order valence-corrected chi connectivity index (χ2v) is 4.22. The summed E-state index contributed by atoms with van der Waals surface area (Å²) in [6.07, 6.45) is 0.289. The first-order chi connectivity index (χ1) is 6.79. The van der Waals surface area contributed by atoms with E-state index in [-0.39, 0.29) is 6.10 Å². The Balaban J connectivity index is 2.04. The molecule has 2 rings (SSSR count). The second-order valence-electron chi connectivity index (χ2n) is 3.06. The fourth-order valence-electron chi connectivity index (χ4n) is 1.07. The lowest BCUT2D eigenvalue weighted by molar-refractivity contribution is 0.260. The maximum absolute atomic E-state index is 5.59. The van der Waals surface area contributed by atoms with E-state index in [0.717, 1.165) is 21.7 Å². The third-order valence-electron chi connectivity index (χ3n) is 1.97.